The molecule has 2 unspecified atom stereocenters. The predicted octanol–water partition coefficient (Wildman–Crippen LogP) is 1.73. The molecule has 0 aliphatic carbocycles. The summed E-state index contributed by atoms with van der Waals surface area (Å²) in [6.45, 7) is 11.1. The maximum Gasteiger partial charge on any atom is 0.245 e. The van der Waals surface area contributed by atoms with Crippen LogP contribution in [-0.2, 0) is 14.3 Å². The molecule has 1 heterocycles. The van der Waals surface area contributed by atoms with Gasteiger partial charge in [0.05, 0.1) is 13.2 Å². The molecule has 1 aliphatic rings. The fourth-order valence-corrected chi connectivity index (χ4v) is 2.63. The van der Waals surface area contributed by atoms with Crippen LogP contribution < -0.4 is 5.32 Å². The number of nitrogens with one attached hydrogen (secondary N) is 1. The van der Waals surface area contributed by atoms with Gasteiger partial charge in [0.25, 0.3) is 0 Å². The number of carbonyl (C=O) groups excluding carboxylic acids is 2. The quantitative estimate of drug-likeness (QED) is 0.521. The third kappa shape index (κ3) is 4.84. The van der Waals surface area contributed by atoms with Gasteiger partial charge in [0, 0.05) is 6.54 Å². The van der Waals surface area contributed by atoms with Crippen LogP contribution in [0.5, 0.6) is 0 Å². The molecular weight excluding hydrogens is 268 g/mol. The van der Waals surface area contributed by atoms with E-state index < -0.39 is 6.04 Å². The van der Waals surface area contributed by atoms with Crippen molar-refractivity contribution in [1.29, 1.82) is 0 Å². The first-order valence-corrected chi connectivity index (χ1v) is 7.82. The van der Waals surface area contributed by atoms with Crippen molar-refractivity contribution in [2.75, 3.05) is 19.8 Å². The Labute approximate surface area is 127 Å². The molecule has 0 spiro atoms. The topological polar surface area (TPSA) is 58.6 Å². The Bertz CT molecular complexity index is 369. The minimum Gasteiger partial charge on any atom is -0.379 e. The molecule has 0 bridgehead atoms. The number of ether oxygens (including phenoxy) is 1. The summed E-state index contributed by atoms with van der Waals surface area (Å²) in [5.41, 5.74) is 0. The highest BCUT2D eigenvalue weighted by Gasteiger charge is 2.41. The first-order chi connectivity index (χ1) is 10.0. The molecule has 5 heteroatoms. The Balaban J connectivity index is 2.68. The van der Waals surface area contributed by atoms with Crippen LogP contribution in [0.25, 0.3) is 0 Å². The highest BCUT2D eigenvalue weighted by Crippen LogP contribution is 2.19. The van der Waals surface area contributed by atoms with Crippen molar-refractivity contribution in [1.82, 2.24) is 10.2 Å². The fourth-order valence-electron chi connectivity index (χ4n) is 2.63. The van der Waals surface area contributed by atoms with Crippen molar-refractivity contribution in [3.8, 4) is 0 Å². The molecule has 0 saturated carbocycles. The molecule has 1 N–H and O–H groups in total. The molecule has 2 atom stereocenters. The van der Waals surface area contributed by atoms with Gasteiger partial charge in [-0.2, -0.15) is 0 Å². The Morgan fingerprint density at radius 1 is 1.38 bits per heavy atom. The second-order valence-corrected chi connectivity index (χ2v) is 5.76. The van der Waals surface area contributed by atoms with Gasteiger partial charge >= 0.3 is 0 Å². The van der Waals surface area contributed by atoms with E-state index in [0.717, 1.165) is 12.8 Å². The van der Waals surface area contributed by atoms with Gasteiger partial charge in [0.1, 0.15) is 12.1 Å². The van der Waals surface area contributed by atoms with E-state index in [0.29, 0.717) is 26.2 Å². The molecule has 0 aromatic carbocycles. The number of carbonyl (C=O) groups is 2. The molecule has 5 nitrogen and oxygen atoms in total. The third-order valence-corrected chi connectivity index (χ3v) is 3.65. The Kier molecular flexibility index (Phi) is 7.43. The molecule has 21 heavy (non-hydrogen) atoms. The van der Waals surface area contributed by atoms with Crippen LogP contribution in [-0.4, -0.2) is 48.6 Å². The first-order valence-electron chi connectivity index (χ1n) is 7.82. The van der Waals surface area contributed by atoms with Crippen LogP contribution in [0, 0.1) is 5.92 Å². The van der Waals surface area contributed by atoms with Crippen molar-refractivity contribution >= 4 is 11.8 Å². The van der Waals surface area contributed by atoms with E-state index in [9.17, 15) is 9.59 Å². The van der Waals surface area contributed by atoms with Gasteiger partial charge in [0.2, 0.25) is 11.8 Å². The summed E-state index contributed by atoms with van der Waals surface area (Å²) < 4.78 is 5.49. The number of piperazine rings is 1. The normalized spacial score (nSPS) is 22.6. The van der Waals surface area contributed by atoms with Crippen LogP contribution >= 0.6 is 0 Å². The lowest BCUT2D eigenvalue weighted by atomic mass is 9.95. The number of amides is 2. The maximum absolute atomic E-state index is 12.5. The second kappa shape index (κ2) is 8.82. The standard InChI is InChI=1S/C16H28N2O3/c1-5-7-10-21-11-9-18-14(12(3)4)15(19)17-13(8-6-2)16(18)20/h5,12-14H,1,6-11H2,2-4H3,(H,17,19). The average Bonchev–Trinajstić information content (AvgIpc) is 2.43. The fraction of sp³-hybridized carbons (Fsp3) is 0.750. The lowest BCUT2D eigenvalue weighted by Crippen LogP contribution is -2.65. The number of nitrogens with zero attached hydrogens (tertiary/aromatic N) is 1. The van der Waals surface area contributed by atoms with Gasteiger partial charge in [-0.05, 0) is 18.8 Å². The van der Waals surface area contributed by atoms with E-state index in [4.69, 9.17) is 4.74 Å². The van der Waals surface area contributed by atoms with Gasteiger partial charge in [0.15, 0.2) is 0 Å². The summed E-state index contributed by atoms with van der Waals surface area (Å²) in [5, 5.41) is 2.85. The van der Waals surface area contributed by atoms with Crippen molar-refractivity contribution < 1.29 is 14.3 Å². The van der Waals surface area contributed by atoms with Crippen LogP contribution in [0.3, 0.4) is 0 Å². The van der Waals surface area contributed by atoms with Crippen LogP contribution in [0.2, 0.25) is 0 Å². The Morgan fingerprint density at radius 2 is 2.10 bits per heavy atom. The number of hydrogen-bond donors (Lipinski definition) is 1. The number of hydrogen-bond acceptors (Lipinski definition) is 3. The lowest BCUT2D eigenvalue weighted by Gasteiger charge is -2.40. The molecular formula is C16H28N2O3. The predicted molar refractivity (Wildman–Crippen MR) is 82.8 cm³/mol. The van der Waals surface area contributed by atoms with Crippen LogP contribution in [0.1, 0.15) is 40.0 Å². The molecule has 0 aromatic rings. The summed E-state index contributed by atoms with van der Waals surface area (Å²) >= 11 is 0. The van der Waals surface area contributed by atoms with Gasteiger partial charge in [-0.15, -0.1) is 6.58 Å². The minimum atomic E-state index is -0.395. The molecule has 120 valence electrons. The minimum absolute atomic E-state index is 0.0162. The zero-order valence-electron chi connectivity index (χ0n) is 13.4. The van der Waals surface area contributed by atoms with Gasteiger partial charge < -0.3 is 15.0 Å². The zero-order valence-corrected chi connectivity index (χ0v) is 13.4. The van der Waals surface area contributed by atoms with E-state index in [2.05, 4.69) is 11.9 Å². The third-order valence-electron chi connectivity index (χ3n) is 3.65. The number of rotatable bonds is 9. The van der Waals surface area contributed by atoms with Crippen molar-refractivity contribution in [2.24, 2.45) is 5.92 Å². The summed E-state index contributed by atoms with van der Waals surface area (Å²) in [4.78, 5) is 26.5. The molecule has 1 saturated heterocycles. The van der Waals surface area contributed by atoms with Gasteiger partial charge in [-0.3, -0.25) is 9.59 Å². The Morgan fingerprint density at radius 3 is 2.67 bits per heavy atom. The van der Waals surface area contributed by atoms with E-state index in [1.165, 1.54) is 0 Å². The van der Waals surface area contributed by atoms with Gasteiger partial charge in [-0.25, -0.2) is 0 Å². The zero-order chi connectivity index (χ0) is 15.8. The van der Waals surface area contributed by atoms with Crippen LogP contribution in [0.4, 0.5) is 0 Å². The molecule has 1 fully saturated rings. The van der Waals surface area contributed by atoms with E-state index in [1.54, 1.807) is 11.0 Å². The highest BCUT2D eigenvalue weighted by molar-refractivity contribution is 5.97. The highest BCUT2D eigenvalue weighted by atomic mass is 16.5. The maximum atomic E-state index is 12.5. The van der Waals surface area contributed by atoms with Crippen molar-refractivity contribution in [3.05, 3.63) is 12.7 Å². The smallest absolute Gasteiger partial charge is 0.245 e. The molecule has 0 aromatic heterocycles. The average molecular weight is 296 g/mol. The summed E-state index contributed by atoms with van der Waals surface area (Å²) in [7, 11) is 0. The molecule has 1 aliphatic heterocycles. The van der Waals surface area contributed by atoms with Crippen LogP contribution in [0.15, 0.2) is 12.7 Å². The van der Waals surface area contributed by atoms with Crippen molar-refractivity contribution in [3.63, 3.8) is 0 Å². The monoisotopic (exact) mass is 296 g/mol. The van der Waals surface area contributed by atoms with E-state index >= 15 is 0 Å². The SMILES string of the molecule is C=CCCOCCN1C(=O)C(CCC)NC(=O)C1C(C)C. The van der Waals surface area contributed by atoms with E-state index in [-0.39, 0.29) is 23.8 Å². The summed E-state index contributed by atoms with van der Waals surface area (Å²) in [5.74, 6) is 0.0568. The summed E-state index contributed by atoms with van der Waals surface area (Å²) in [6.07, 6.45) is 4.14. The molecule has 2 amide bonds. The molecule has 0 radical (unpaired) electrons. The molecule has 1 rings (SSSR count). The largest absolute Gasteiger partial charge is 0.379 e. The lowest BCUT2D eigenvalue weighted by molar-refractivity contribution is -0.152. The van der Waals surface area contributed by atoms with Gasteiger partial charge in [-0.1, -0.05) is 33.3 Å². The second-order valence-electron chi connectivity index (χ2n) is 5.76. The Hall–Kier alpha value is -1.36. The summed E-state index contributed by atoms with van der Waals surface area (Å²) in [6, 6.07) is -0.778. The van der Waals surface area contributed by atoms with E-state index in [1.807, 2.05) is 20.8 Å². The van der Waals surface area contributed by atoms with Crippen molar-refractivity contribution in [2.45, 2.75) is 52.1 Å². The first kappa shape index (κ1) is 17.7.